The van der Waals surface area contributed by atoms with Crippen LogP contribution < -0.4 is 5.32 Å². The first-order valence-corrected chi connectivity index (χ1v) is 6.72. The molecule has 0 atom stereocenters. The zero-order chi connectivity index (χ0) is 13.2. The quantitative estimate of drug-likeness (QED) is 0.911. The fourth-order valence-electron chi connectivity index (χ4n) is 1.50. The molecule has 1 aromatic carbocycles. The molecule has 2 nitrogen and oxygen atoms in total. The lowest BCUT2D eigenvalue weighted by atomic mass is 10.1. The van der Waals surface area contributed by atoms with Gasteiger partial charge in [-0.2, -0.15) is 0 Å². The maximum absolute atomic E-state index is 13.6. The van der Waals surface area contributed by atoms with E-state index < -0.39 is 0 Å². The van der Waals surface area contributed by atoms with Gasteiger partial charge in [0.25, 0.3) is 0 Å². The van der Waals surface area contributed by atoms with Crippen LogP contribution in [0.3, 0.4) is 0 Å². The first-order valence-electron chi connectivity index (χ1n) is 5.90. The number of aromatic nitrogens is 1. The summed E-state index contributed by atoms with van der Waals surface area (Å²) in [5, 5.41) is 4.13. The van der Waals surface area contributed by atoms with E-state index in [1.807, 2.05) is 12.3 Å². The summed E-state index contributed by atoms with van der Waals surface area (Å²) in [4.78, 5) is 5.40. The van der Waals surface area contributed by atoms with E-state index in [4.69, 9.17) is 0 Å². The number of hydrogen-bond acceptors (Lipinski definition) is 3. The molecule has 0 aliphatic carbocycles. The van der Waals surface area contributed by atoms with Gasteiger partial charge in [-0.25, -0.2) is 9.37 Å². The Kier molecular flexibility index (Phi) is 3.78. The van der Waals surface area contributed by atoms with Gasteiger partial charge in [-0.1, -0.05) is 12.1 Å². The van der Waals surface area contributed by atoms with Crippen molar-refractivity contribution >= 4 is 11.3 Å². The number of hydrogen-bond donors (Lipinski definition) is 1. The summed E-state index contributed by atoms with van der Waals surface area (Å²) < 4.78 is 13.6. The number of nitrogens with one attached hydrogen (secondary N) is 1. The summed E-state index contributed by atoms with van der Waals surface area (Å²) in [5.41, 5.74) is 0.645. The van der Waals surface area contributed by atoms with Crippen LogP contribution in [-0.2, 0) is 6.54 Å². The molecule has 1 aromatic heterocycles. The second-order valence-corrected chi connectivity index (χ2v) is 6.33. The third-order valence-electron chi connectivity index (χ3n) is 2.45. The van der Waals surface area contributed by atoms with E-state index in [-0.39, 0.29) is 11.4 Å². The zero-order valence-corrected chi connectivity index (χ0v) is 11.6. The van der Waals surface area contributed by atoms with Crippen LogP contribution in [0.2, 0.25) is 0 Å². The smallest absolute Gasteiger partial charge is 0.133 e. The zero-order valence-electron chi connectivity index (χ0n) is 10.8. The number of rotatable bonds is 3. The molecule has 1 heterocycles. The number of halogens is 1. The monoisotopic (exact) mass is 264 g/mol. The first kappa shape index (κ1) is 13.2. The van der Waals surface area contributed by atoms with Crippen LogP contribution in [0.5, 0.6) is 0 Å². The molecule has 0 aliphatic heterocycles. The van der Waals surface area contributed by atoms with Gasteiger partial charge in [0.15, 0.2) is 0 Å². The van der Waals surface area contributed by atoms with Crippen LogP contribution in [0.1, 0.15) is 25.6 Å². The highest BCUT2D eigenvalue weighted by Crippen LogP contribution is 2.27. The average molecular weight is 264 g/mol. The molecule has 2 rings (SSSR count). The topological polar surface area (TPSA) is 24.9 Å². The summed E-state index contributed by atoms with van der Waals surface area (Å²) >= 11 is 1.53. The van der Waals surface area contributed by atoms with E-state index in [2.05, 4.69) is 31.1 Å². The molecule has 0 unspecified atom stereocenters. The van der Waals surface area contributed by atoms with Gasteiger partial charge in [0, 0.05) is 28.7 Å². The van der Waals surface area contributed by atoms with E-state index >= 15 is 0 Å². The van der Waals surface area contributed by atoms with Crippen LogP contribution in [0.25, 0.3) is 10.6 Å². The molecular weight excluding hydrogens is 247 g/mol. The Bertz CT molecular complexity index is 529. The molecule has 0 spiro atoms. The van der Waals surface area contributed by atoms with Crippen LogP contribution in [0, 0.1) is 5.82 Å². The first-order chi connectivity index (χ1) is 8.46. The van der Waals surface area contributed by atoms with Gasteiger partial charge in [-0.05, 0) is 32.9 Å². The third kappa shape index (κ3) is 3.37. The lowest BCUT2D eigenvalue weighted by Crippen LogP contribution is -2.34. The number of benzene rings is 1. The van der Waals surface area contributed by atoms with Crippen molar-refractivity contribution < 1.29 is 4.39 Å². The average Bonchev–Trinajstić information content (AvgIpc) is 2.75. The van der Waals surface area contributed by atoms with Crippen molar-refractivity contribution in [2.75, 3.05) is 0 Å². The highest BCUT2D eigenvalue weighted by atomic mass is 32.1. The summed E-state index contributed by atoms with van der Waals surface area (Å²) in [5.74, 6) is -0.220. The molecule has 96 valence electrons. The molecule has 0 radical (unpaired) electrons. The van der Waals surface area contributed by atoms with Gasteiger partial charge in [0.05, 0.1) is 0 Å². The molecule has 0 saturated heterocycles. The Morgan fingerprint density at radius 3 is 2.67 bits per heavy atom. The molecule has 0 bridgehead atoms. The van der Waals surface area contributed by atoms with Crippen molar-refractivity contribution in [3.05, 3.63) is 41.2 Å². The molecule has 18 heavy (non-hydrogen) atoms. The molecule has 4 heteroatoms. The minimum atomic E-state index is -0.220. The summed E-state index contributed by atoms with van der Waals surface area (Å²) in [7, 11) is 0. The van der Waals surface area contributed by atoms with Crippen molar-refractivity contribution in [1.82, 2.24) is 10.3 Å². The molecule has 2 aromatic rings. The van der Waals surface area contributed by atoms with Crippen molar-refractivity contribution in [1.29, 1.82) is 0 Å². The van der Waals surface area contributed by atoms with Gasteiger partial charge in [-0.3, -0.25) is 0 Å². The van der Waals surface area contributed by atoms with E-state index in [0.717, 1.165) is 16.4 Å². The molecule has 0 aliphatic rings. The van der Waals surface area contributed by atoms with Crippen molar-refractivity contribution in [2.24, 2.45) is 0 Å². The van der Waals surface area contributed by atoms with Crippen LogP contribution in [0.15, 0.2) is 30.5 Å². The van der Waals surface area contributed by atoms with Crippen molar-refractivity contribution in [2.45, 2.75) is 32.9 Å². The Labute approximate surface area is 111 Å². The van der Waals surface area contributed by atoms with E-state index in [9.17, 15) is 4.39 Å². The van der Waals surface area contributed by atoms with Crippen LogP contribution in [0.4, 0.5) is 4.39 Å². The standard InChI is InChI=1S/C14H17FN2S/c1-14(2,3)17-9-10-8-16-13(18-10)11-6-4-5-7-12(11)15/h4-8,17H,9H2,1-3H3. The van der Waals surface area contributed by atoms with Gasteiger partial charge in [-0.15, -0.1) is 11.3 Å². The molecule has 0 fully saturated rings. The lowest BCUT2D eigenvalue weighted by molar-refractivity contribution is 0.426. The largest absolute Gasteiger partial charge is 0.307 e. The molecule has 0 amide bonds. The fourth-order valence-corrected chi connectivity index (χ4v) is 2.38. The molecule has 0 saturated carbocycles. The summed E-state index contributed by atoms with van der Waals surface area (Å²) in [6, 6.07) is 6.74. The highest BCUT2D eigenvalue weighted by Gasteiger charge is 2.12. The lowest BCUT2D eigenvalue weighted by Gasteiger charge is -2.19. The Balaban J connectivity index is 2.14. The van der Waals surface area contributed by atoms with Gasteiger partial charge in [0.1, 0.15) is 10.8 Å². The predicted molar refractivity (Wildman–Crippen MR) is 74.1 cm³/mol. The number of nitrogens with zero attached hydrogens (tertiary/aromatic N) is 1. The summed E-state index contributed by atoms with van der Waals surface area (Å²) in [6.45, 7) is 7.11. The molecular formula is C14H17FN2S. The second kappa shape index (κ2) is 5.16. The minimum absolute atomic E-state index is 0.0716. The fraction of sp³-hybridized carbons (Fsp3) is 0.357. The van der Waals surface area contributed by atoms with Crippen molar-refractivity contribution in [3.63, 3.8) is 0 Å². The van der Waals surface area contributed by atoms with E-state index in [1.165, 1.54) is 17.4 Å². The van der Waals surface area contributed by atoms with E-state index in [0.29, 0.717) is 5.56 Å². The van der Waals surface area contributed by atoms with Gasteiger partial charge in [0.2, 0.25) is 0 Å². The van der Waals surface area contributed by atoms with Gasteiger partial charge >= 0.3 is 0 Å². The Morgan fingerprint density at radius 2 is 2.00 bits per heavy atom. The Hall–Kier alpha value is -1.26. The SMILES string of the molecule is CC(C)(C)NCc1cnc(-c2ccccc2F)s1. The predicted octanol–water partition coefficient (Wildman–Crippen LogP) is 3.84. The van der Waals surface area contributed by atoms with Crippen LogP contribution >= 0.6 is 11.3 Å². The van der Waals surface area contributed by atoms with Crippen LogP contribution in [-0.4, -0.2) is 10.5 Å². The van der Waals surface area contributed by atoms with Crippen molar-refractivity contribution in [3.8, 4) is 10.6 Å². The third-order valence-corrected chi connectivity index (χ3v) is 3.48. The minimum Gasteiger partial charge on any atom is -0.307 e. The normalized spacial score (nSPS) is 11.8. The Morgan fingerprint density at radius 1 is 1.28 bits per heavy atom. The van der Waals surface area contributed by atoms with E-state index in [1.54, 1.807) is 12.1 Å². The van der Waals surface area contributed by atoms with Gasteiger partial charge < -0.3 is 5.32 Å². The summed E-state index contributed by atoms with van der Waals surface area (Å²) in [6.07, 6.45) is 1.81. The highest BCUT2D eigenvalue weighted by molar-refractivity contribution is 7.15. The second-order valence-electron chi connectivity index (χ2n) is 5.22. The number of thiazole rings is 1. The maximum Gasteiger partial charge on any atom is 0.133 e. The molecule has 1 N–H and O–H groups in total. The maximum atomic E-state index is 13.6.